The number of aromatic nitrogens is 2. The average Bonchev–Trinajstić information content (AvgIpc) is 3.12. The lowest BCUT2D eigenvalue weighted by Crippen LogP contribution is -2.21. The highest BCUT2D eigenvalue weighted by atomic mass is 16.5. The maximum Gasteiger partial charge on any atom is 0.263 e. The van der Waals surface area contributed by atoms with Gasteiger partial charge in [-0.15, -0.1) is 0 Å². The lowest BCUT2D eigenvalue weighted by molar-refractivity contribution is -0.118. The molecule has 0 radical (unpaired) electrons. The van der Waals surface area contributed by atoms with Gasteiger partial charge in [-0.2, -0.15) is 0 Å². The molecule has 29 heavy (non-hydrogen) atoms. The highest BCUT2D eigenvalue weighted by Crippen LogP contribution is 2.29. The van der Waals surface area contributed by atoms with Crippen molar-refractivity contribution in [2.75, 3.05) is 19.0 Å². The van der Waals surface area contributed by atoms with E-state index in [4.69, 9.17) is 9.47 Å². The van der Waals surface area contributed by atoms with Crippen molar-refractivity contribution < 1.29 is 14.3 Å². The Morgan fingerprint density at radius 1 is 1.03 bits per heavy atom. The van der Waals surface area contributed by atoms with Crippen molar-refractivity contribution in [3.63, 3.8) is 0 Å². The molecule has 6 heteroatoms. The van der Waals surface area contributed by atoms with Crippen molar-refractivity contribution in [1.29, 1.82) is 0 Å². The summed E-state index contributed by atoms with van der Waals surface area (Å²) in [7, 11) is 1.58. The van der Waals surface area contributed by atoms with Crippen LogP contribution in [0.3, 0.4) is 0 Å². The number of amides is 1. The minimum atomic E-state index is -0.282. The molecular weight excluding hydrogens is 366 g/mol. The summed E-state index contributed by atoms with van der Waals surface area (Å²) in [5.41, 5.74) is 3.44. The van der Waals surface area contributed by atoms with Gasteiger partial charge in [-0.05, 0) is 36.8 Å². The molecule has 4 rings (SSSR count). The molecule has 0 atom stereocenters. The number of imidazole rings is 1. The second-order valence-corrected chi connectivity index (χ2v) is 6.60. The molecule has 1 amide bonds. The van der Waals surface area contributed by atoms with Gasteiger partial charge in [-0.1, -0.05) is 42.5 Å². The lowest BCUT2D eigenvalue weighted by Gasteiger charge is -2.12. The standard InChI is InChI=1S/C23H21N3O3/c1-16-11-12-18(19(14-16)28-2)29-15-21(27)25-23-22(17-8-4-3-5-9-17)24-20-10-6-7-13-26(20)23/h3-14H,15H2,1-2H3,(H,25,27). The van der Waals surface area contributed by atoms with E-state index in [0.717, 1.165) is 16.8 Å². The van der Waals surface area contributed by atoms with Gasteiger partial charge < -0.3 is 14.8 Å². The summed E-state index contributed by atoms with van der Waals surface area (Å²) in [4.78, 5) is 17.3. The van der Waals surface area contributed by atoms with Crippen LogP contribution < -0.4 is 14.8 Å². The average molecular weight is 387 g/mol. The Morgan fingerprint density at radius 2 is 1.83 bits per heavy atom. The molecule has 2 aromatic heterocycles. The number of carbonyl (C=O) groups excluding carboxylic acids is 1. The van der Waals surface area contributed by atoms with Crippen LogP contribution in [0.15, 0.2) is 72.9 Å². The number of benzene rings is 2. The highest BCUT2D eigenvalue weighted by Gasteiger charge is 2.17. The zero-order chi connectivity index (χ0) is 20.2. The third-order valence-corrected chi connectivity index (χ3v) is 4.51. The molecule has 6 nitrogen and oxygen atoms in total. The van der Waals surface area contributed by atoms with Crippen LogP contribution in [-0.2, 0) is 4.79 Å². The number of hydrogen-bond donors (Lipinski definition) is 1. The lowest BCUT2D eigenvalue weighted by atomic mass is 10.1. The SMILES string of the molecule is COc1cc(C)ccc1OCC(=O)Nc1c(-c2ccccc2)nc2ccccn12. The summed E-state index contributed by atoms with van der Waals surface area (Å²) in [5.74, 6) is 1.44. The van der Waals surface area contributed by atoms with Gasteiger partial charge in [-0.25, -0.2) is 4.98 Å². The molecule has 0 saturated heterocycles. The topological polar surface area (TPSA) is 64.9 Å². The molecule has 0 aliphatic carbocycles. The Bertz CT molecular complexity index is 1150. The normalized spacial score (nSPS) is 10.7. The van der Waals surface area contributed by atoms with E-state index in [2.05, 4.69) is 10.3 Å². The van der Waals surface area contributed by atoms with Crippen molar-refractivity contribution in [2.45, 2.75) is 6.92 Å². The molecule has 0 unspecified atom stereocenters. The van der Waals surface area contributed by atoms with Gasteiger partial charge in [0.05, 0.1) is 7.11 Å². The summed E-state index contributed by atoms with van der Waals surface area (Å²) in [6.07, 6.45) is 1.87. The van der Waals surface area contributed by atoms with Gasteiger partial charge in [0.1, 0.15) is 17.2 Å². The van der Waals surface area contributed by atoms with E-state index < -0.39 is 0 Å². The van der Waals surface area contributed by atoms with E-state index in [1.165, 1.54) is 0 Å². The first-order valence-corrected chi connectivity index (χ1v) is 9.25. The Hall–Kier alpha value is -3.80. The van der Waals surface area contributed by atoms with Crippen LogP contribution in [0.4, 0.5) is 5.82 Å². The summed E-state index contributed by atoms with van der Waals surface area (Å²) in [5, 5.41) is 2.95. The predicted molar refractivity (Wildman–Crippen MR) is 112 cm³/mol. The summed E-state index contributed by atoms with van der Waals surface area (Å²) >= 11 is 0. The van der Waals surface area contributed by atoms with Gasteiger partial charge >= 0.3 is 0 Å². The molecule has 0 spiro atoms. The third kappa shape index (κ3) is 3.91. The van der Waals surface area contributed by atoms with Crippen molar-refractivity contribution in [3.8, 4) is 22.8 Å². The quantitative estimate of drug-likeness (QED) is 0.535. The molecule has 2 heterocycles. The van der Waals surface area contributed by atoms with Gasteiger partial charge in [0.15, 0.2) is 18.1 Å². The highest BCUT2D eigenvalue weighted by molar-refractivity contribution is 5.95. The number of hydrogen-bond acceptors (Lipinski definition) is 4. The van der Waals surface area contributed by atoms with Crippen LogP contribution in [0, 0.1) is 6.92 Å². The van der Waals surface area contributed by atoms with E-state index >= 15 is 0 Å². The van der Waals surface area contributed by atoms with Crippen LogP contribution in [0.1, 0.15) is 5.56 Å². The fourth-order valence-corrected chi connectivity index (χ4v) is 3.12. The largest absolute Gasteiger partial charge is 0.493 e. The van der Waals surface area contributed by atoms with E-state index in [9.17, 15) is 4.79 Å². The van der Waals surface area contributed by atoms with Gasteiger partial charge in [0, 0.05) is 11.8 Å². The summed E-state index contributed by atoms with van der Waals surface area (Å²) < 4.78 is 12.9. The minimum absolute atomic E-state index is 0.145. The zero-order valence-corrected chi connectivity index (χ0v) is 16.3. The van der Waals surface area contributed by atoms with E-state index in [1.807, 2.05) is 78.2 Å². The van der Waals surface area contributed by atoms with Gasteiger partial charge in [0.2, 0.25) is 0 Å². The van der Waals surface area contributed by atoms with Crippen LogP contribution in [0.2, 0.25) is 0 Å². The smallest absolute Gasteiger partial charge is 0.263 e. The van der Waals surface area contributed by atoms with Crippen molar-refractivity contribution in [1.82, 2.24) is 9.38 Å². The second-order valence-electron chi connectivity index (χ2n) is 6.60. The Kier molecular flexibility index (Phi) is 5.16. The second kappa shape index (κ2) is 8.06. The summed E-state index contributed by atoms with van der Waals surface area (Å²) in [6, 6.07) is 21.0. The number of nitrogens with zero attached hydrogens (tertiary/aromatic N) is 2. The molecule has 4 aromatic rings. The molecule has 2 aromatic carbocycles. The Balaban J connectivity index is 1.58. The third-order valence-electron chi connectivity index (χ3n) is 4.51. The molecule has 0 aliphatic rings. The van der Waals surface area contributed by atoms with Crippen molar-refractivity contribution in [2.24, 2.45) is 0 Å². The number of rotatable bonds is 6. The number of methoxy groups -OCH3 is 1. The first kappa shape index (κ1) is 18.6. The predicted octanol–water partition coefficient (Wildman–Crippen LogP) is 4.34. The molecule has 0 saturated carbocycles. The van der Waals surface area contributed by atoms with Gasteiger partial charge in [0.25, 0.3) is 5.91 Å². The molecule has 0 bridgehead atoms. The van der Waals surface area contributed by atoms with Crippen LogP contribution in [-0.4, -0.2) is 29.0 Å². The van der Waals surface area contributed by atoms with Crippen LogP contribution in [0.25, 0.3) is 16.9 Å². The number of nitrogens with one attached hydrogen (secondary N) is 1. The Morgan fingerprint density at radius 3 is 2.62 bits per heavy atom. The molecular formula is C23H21N3O3. The number of fused-ring (bicyclic) bond motifs is 1. The number of anilines is 1. The molecule has 0 aliphatic heterocycles. The number of pyridine rings is 1. The monoisotopic (exact) mass is 387 g/mol. The van der Waals surface area contributed by atoms with Crippen molar-refractivity contribution >= 4 is 17.4 Å². The number of aryl methyl sites for hydroxylation is 1. The molecule has 146 valence electrons. The Labute approximate surface area is 168 Å². The van der Waals surface area contributed by atoms with Crippen LogP contribution >= 0.6 is 0 Å². The van der Waals surface area contributed by atoms with Crippen LogP contribution in [0.5, 0.6) is 11.5 Å². The molecule has 0 fully saturated rings. The number of ether oxygens (including phenoxy) is 2. The summed E-state index contributed by atoms with van der Waals surface area (Å²) in [6.45, 7) is 1.82. The minimum Gasteiger partial charge on any atom is -0.493 e. The fraction of sp³-hybridized carbons (Fsp3) is 0.130. The van der Waals surface area contributed by atoms with E-state index in [0.29, 0.717) is 23.0 Å². The van der Waals surface area contributed by atoms with Crippen molar-refractivity contribution in [3.05, 3.63) is 78.5 Å². The van der Waals surface area contributed by atoms with E-state index in [-0.39, 0.29) is 12.5 Å². The first-order valence-electron chi connectivity index (χ1n) is 9.25. The van der Waals surface area contributed by atoms with Gasteiger partial charge in [-0.3, -0.25) is 9.20 Å². The zero-order valence-electron chi connectivity index (χ0n) is 16.3. The first-order chi connectivity index (χ1) is 14.2. The maximum atomic E-state index is 12.7. The number of carbonyl (C=O) groups is 1. The maximum absolute atomic E-state index is 12.7. The van der Waals surface area contributed by atoms with E-state index in [1.54, 1.807) is 13.2 Å². The molecule has 1 N–H and O–H groups in total. The fourth-order valence-electron chi connectivity index (χ4n) is 3.12.